The number of aryl methyl sites for hydroxylation is 1. The quantitative estimate of drug-likeness (QED) is 0.732. The summed E-state index contributed by atoms with van der Waals surface area (Å²) in [6.07, 6.45) is 1.53. The molecule has 3 heterocycles. The summed E-state index contributed by atoms with van der Waals surface area (Å²) in [6, 6.07) is 9.81. The summed E-state index contributed by atoms with van der Waals surface area (Å²) in [5.41, 5.74) is 2.68. The Kier molecular flexibility index (Phi) is 3.92. The molecule has 0 radical (unpaired) electrons. The molecule has 0 saturated carbocycles. The average molecular weight is 323 g/mol. The van der Waals surface area contributed by atoms with E-state index in [1.807, 2.05) is 37.3 Å². The highest BCUT2D eigenvalue weighted by Gasteiger charge is 2.17. The van der Waals surface area contributed by atoms with Crippen LogP contribution >= 0.6 is 0 Å². The van der Waals surface area contributed by atoms with Gasteiger partial charge in [-0.3, -0.25) is 0 Å². The maximum atomic E-state index is 5.41. The van der Waals surface area contributed by atoms with Gasteiger partial charge in [-0.05, 0) is 12.5 Å². The van der Waals surface area contributed by atoms with Crippen LogP contribution in [-0.2, 0) is 4.74 Å². The summed E-state index contributed by atoms with van der Waals surface area (Å²) >= 11 is 0. The van der Waals surface area contributed by atoms with E-state index < -0.39 is 0 Å². The molecule has 7 heteroatoms. The Morgan fingerprint density at radius 3 is 2.75 bits per heavy atom. The van der Waals surface area contributed by atoms with E-state index in [-0.39, 0.29) is 0 Å². The van der Waals surface area contributed by atoms with E-state index in [1.165, 1.54) is 6.33 Å². The average Bonchev–Trinajstić information content (AvgIpc) is 3.13. The standard InChI is InChI=1S/C17H17N5O2/c1-12-4-2-3-5-13(12)16-20-17(24-21-16)14-10-15(19-11-18-14)22-6-8-23-9-7-22/h2-5,10-11H,6-9H2,1H3. The van der Waals surface area contributed by atoms with Crippen molar-refractivity contribution in [1.82, 2.24) is 20.1 Å². The lowest BCUT2D eigenvalue weighted by Gasteiger charge is -2.27. The minimum Gasteiger partial charge on any atom is -0.378 e. The number of nitrogens with zero attached hydrogens (tertiary/aromatic N) is 5. The van der Waals surface area contributed by atoms with Gasteiger partial charge in [0.05, 0.1) is 13.2 Å². The van der Waals surface area contributed by atoms with Crippen molar-refractivity contribution in [3.63, 3.8) is 0 Å². The van der Waals surface area contributed by atoms with E-state index in [2.05, 4.69) is 25.0 Å². The molecule has 0 unspecified atom stereocenters. The highest BCUT2D eigenvalue weighted by Crippen LogP contribution is 2.24. The molecule has 0 amide bonds. The minimum absolute atomic E-state index is 0.394. The number of rotatable bonds is 3. The molecule has 3 aromatic rings. The van der Waals surface area contributed by atoms with E-state index in [4.69, 9.17) is 9.26 Å². The zero-order valence-electron chi connectivity index (χ0n) is 13.3. The first-order valence-corrected chi connectivity index (χ1v) is 7.86. The van der Waals surface area contributed by atoms with Gasteiger partial charge in [-0.15, -0.1) is 0 Å². The summed E-state index contributed by atoms with van der Waals surface area (Å²) < 4.78 is 10.8. The lowest BCUT2D eigenvalue weighted by atomic mass is 10.1. The zero-order valence-corrected chi connectivity index (χ0v) is 13.3. The summed E-state index contributed by atoms with van der Waals surface area (Å²) in [7, 11) is 0. The van der Waals surface area contributed by atoms with Crippen molar-refractivity contribution in [2.45, 2.75) is 6.92 Å². The van der Waals surface area contributed by atoms with Crippen LogP contribution in [0.15, 0.2) is 41.2 Å². The number of hydrogen-bond acceptors (Lipinski definition) is 7. The van der Waals surface area contributed by atoms with Gasteiger partial charge in [0, 0.05) is 24.7 Å². The Balaban J connectivity index is 1.64. The molecule has 0 bridgehead atoms. The third-order valence-corrected chi connectivity index (χ3v) is 4.02. The fraction of sp³-hybridized carbons (Fsp3) is 0.294. The third kappa shape index (κ3) is 2.85. The van der Waals surface area contributed by atoms with Crippen molar-refractivity contribution in [3.8, 4) is 23.0 Å². The second-order valence-corrected chi connectivity index (χ2v) is 5.60. The molecule has 1 aliphatic rings. The first-order chi connectivity index (χ1) is 11.8. The third-order valence-electron chi connectivity index (χ3n) is 4.02. The molecule has 0 N–H and O–H groups in total. The number of morpholine rings is 1. The molecule has 2 aromatic heterocycles. The fourth-order valence-electron chi connectivity index (χ4n) is 2.69. The molecular weight excluding hydrogens is 306 g/mol. The van der Waals surface area contributed by atoms with Crippen LogP contribution in [0.25, 0.3) is 23.0 Å². The molecule has 1 saturated heterocycles. The van der Waals surface area contributed by atoms with Crippen molar-refractivity contribution in [1.29, 1.82) is 0 Å². The van der Waals surface area contributed by atoms with Crippen LogP contribution in [0.2, 0.25) is 0 Å². The van der Waals surface area contributed by atoms with Gasteiger partial charge in [0.25, 0.3) is 5.89 Å². The molecule has 0 spiro atoms. The Morgan fingerprint density at radius 1 is 1.08 bits per heavy atom. The topological polar surface area (TPSA) is 77.2 Å². The molecule has 0 atom stereocenters. The van der Waals surface area contributed by atoms with Crippen molar-refractivity contribution < 1.29 is 9.26 Å². The second kappa shape index (κ2) is 6.37. The Hall–Kier alpha value is -2.80. The smallest absolute Gasteiger partial charge is 0.277 e. The summed E-state index contributed by atoms with van der Waals surface area (Å²) in [5, 5.41) is 4.09. The van der Waals surface area contributed by atoms with E-state index in [0.717, 1.165) is 30.0 Å². The van der Waals surface area contributed by atoms with Crippen LogP contribution in [0, 0.1) is 6.92 Å². The van der Waals surface area contributed by atoms with E-state index >= 15 is 0 Å². The molecule has 0 aliphatic carbocycles. The van der Waals surface area contributed by atoms with Crippen LogP contribution in [0.3, 0.4) is 0 Å². The normalized spacial score (nSPS) is 14.8. The fourth-order valence-corrected chi connectivity index (χ4v) is 2.69. The van der Waals surface area contributed by atoms with Gasteiger partial charge in [0.1, 0.15) is 17.8 Å². The SMILES string of the molecule is Cc1ccccc1-c1noc(-c2cc(N3CCOCC3)ncn2)n1. The van der Waals surface area contributed by atoms with Crippen LogP contribution in [0.1, 0.15) is 5.56 Å². The van der Waals surface area contributed by atoms with Crippen molar-refractivity contribution in [3.05, 3.63) is 42.2 Å². The van der Waals surface area contributed by atoms with Crippen molar-refractivity contribution in [2.24, 2.45) is 0 Å². The van der Waals surface area contributed by atoms with Gasteiger partial charge < -0.3 is 14.2 Å². The Bertz CT molecular complexity index is 842. The van der Waals surface area contributed by atoms with Crippen LogP contribution in [0.5, 0.6) is 0 Å². The minimum atomic E-state index is 0.394. The summed E-state index contributed by atoms with van der Waals surface area (Å²) in [4.78, 5) is 15.3. The van der Waals surface area contributed by atoms with Crippen molar-refractivity contribution in [2.75, 3.05) is 31.2 Å². The first-order valence-electron chi connectivity index (χ1n) is 7.86. The number of benzene rings is 1. The molecule has 1 fully saturated rings. The molecule has 7 nitrogen and oxygen atoms in total. The van der Waals surface area contributed by atoms with Crippen LogP contribution in [-0.4, -0.2) is 46.4 Å². The largest absolute Gasteiger partial charge is 0.378 e. The monoisotopic (exact) mass is 323 g/mol. The van der Waals surface area contributed by atoms with Gasteiger partial charge in [-0.25, -0.2) is 9.97 Å². The van der Waals surface area contributed by atoms with Crippen LogP contribution < -0.4 is 4.90 Å². The second-order valence-electron chi connectivity index (χ2n) is 5.60. The van der Waals surface area contributed by atoms with E-state index in [1.54, 1.807) is 0 Å². The molecule has 1 aromatic carbocycles. The maximum Gasteiger partial charge on any atom is 0.277 e. The van der Waals surface area contributed by atoms with E-state index in [9.17, 15) is 0 Å². The molecular formula is C17H17N5O2. The van der Waals surface area contributed by atoms with Gasteiger partial charge in [0.15, 0.2) is 0 Å². The number of aromatic nitrogens is 4. The number of hydrogen-bond donors (Lipinski definition) is 0. The molecule has 4 rings (SSSR count). The number of anilines is 1. The van der Waals surface area contributed by atoms with Gasteiger partial charge >= 0.3 is 0 Å². The highest BCUT2D eigenvalue weighted by atomic mass is 16.5. The molecule has 24 heavy (non-hydrogen) atoms. The maximum absolute atomic E-state index is 5.41. The highest BCUT2D eigenvalue weighted by molar-refractivity contribution is 5.62. The molecule has 1 aliphatic heterocycles. The predicted octanol–water partition coefficient (Wildman–Crippen LogP) is 2.34. The molecule has 122 valence electrons. The Labute approximate surface area is 139 Å². The number of ether oxygens (including phenoxy) is 1. The lowest BCUT2D eigenvalue weighted by Crippen LogP contribution is -2.36. The first kappa shape index (κ1) is 14.8. The summed E-state index contributed by atoms with van der Waals surface area (Å²) in [6.45, 7) is 5.06. The van der Waals surface area contributed by atoms with Crippen molar-refractivity contribution >= 4 is 5.82 Å². The predicted molar refractivity (Wildman–Crippen MR) is 88.5 cm³/mol. The Morgan fingerprint density at radius 2 is 1.92 bits per heavy atom. The van der Waals surface area contributed by atoms with Gasteiger partial charge in [-0.2, -0.15) is 4.98 Å². The van der Waals surface area contributed by atoms with E-state index in [0.29, 0.717) is 30.6 Å². The summed E-state index contributed by atoms with van der Waals surface area (Å²) in [5.74, 6) is 1.80. The van der Waals surface area contributed by atoms with Crippen LogP contribution in [0.4, 0.5) is 5.82 Å². The lowest BCUT2D eigenvalue weighted by molar-refractivity contribution is 0.122. The van der Waals surface area contributed by atoms with Gasteiger partial charge in [-0.1, -0.05) is 29.4 Å². The van der Waals surface area contributed by atoms with Gasteiger partial charge in [0.2, 0.25) is 5.82 Å². The zero-order chi connectivity index (χ0) is 16.4.